The fraction of sp³-hybridized carbons (Fsp3) is 0.625. The predicted molar refractivity (Wildman–Crippen MR) is 77.9 cm³/mol. The summed E-state index contributed by atoms with van der Waals surface area (Å²) in [6.07, 6.45) is 6.18. The Balaban J connectivity index is 1.95. The molecule has 2 nitrogen and oxygen atoms in total. The van der Waals surface area contributed by atoms with E-state index in [1.165, 1.54) is 43.5 Å². The van der Waals surface area contributed by atoms with Gasteiger partial charge in [-0.1, -0.05) is 24.3 Å². The Hall–Kier alpha value is -0.860. The molecule has 0 saturated carbocycles. The zero-order chi connectivity index (χ0) is 12.8. The SMILES string of the molecule is CN1CCCC(c2ccc(CCCN)cc2)CC1. The second-order valence-corrected chi connectivity index (χ2v) is 5.56. The van der Waals surface area contributed by atoms with Crippen molar-refractivity contribution in [3.8, 4) is 0 Å². The minimum Gasteiger partial charge on any atom is -0.330 e. The third-order valence-electron chi connectivity index (χ3n) is 4.07. The van der Waals surface area contributed by atoms with Crippen LogP contribution in [0.5, 0.6) is 0 Å². The number of hydrogen-bond donors (Lipinski definition) is 1. The van der Waals surface area contributed by atoms with E-state index in [9.17, 15) is 0 Å². The lowest BCUT2D eigenvalue weighted by atomic mass is 9.91. The molecule has 0 spiro atoms. The van der Waals surface area contributed by atoms with E-state index >= 15 is 0 Å². The summed E-state index contributed by atoms with van der Waals surface area (Å²) in [6, 6.07) is 9.25. The minimum absolute atomic E-state index is 0.763. The van der Waals surface area contributed by atoms with Gasteiger partial charge in [0, 0.05) is 0 Å². The summed E-state index contributed by atoms with van der Waals surface area (Å²) in [4.78, 5) is 2.45. The molecule has 1 unspecified atom stereocenters. The molecule has 0 bridgehead atoms. The van der Waals surface area contributed by atoms with Crippen LogP contribution in [0, 0.1) is 0 Å². The third-order valence-corrected chi connectivity index (χ3v) is 4.07. The van der Waals surface area contributed by atoms with Crippen molar-refractivity contribution in [3.05, 3.63) is 35.4 Å². The number of hydrogen-bond acceptors (Lipinski definition) is 2. The number of rotatable bonds is 4. The first-order chi connectivity index (χ1) is 8.79. The highest BCUT2D eigenvalue weighted by Gasteiger charge is 2.16. The maximum absolute atomic E-state index is 5.55. The third kappa shape index (κ3) is 3.82. The molecular weight excluding hydrogens is 220 g/mol. The van der Waals surface area contributed by atoms with Gasteiger partial charge in [0.1, 0.15) is 0 Å². The highest BCUT2D eigenvalue weighted by Crippen LogP contribution is 2.27. The quantitative estimate of drug-likeness (QED) is 0.885. The first kappa shape index (κ1) is 13.6. The van der Waals surface area contributed by atoms with Gasteiger partial charge in [-0.05, 0) is 75.8 Å². The fourth-order valence-corrected chi connectivity index (χ4v) is 2.84. The lowest BCUT2D eigenvalue weighted by molar-refractivity contribution is 0.347. The van der Waals surface area contributed by atoms with Gasteiger partial charge in [0.15, 0.2) is 0 Å². The van der Waals surface area contributed by atoms with Crippen LogP contribution in [0.15, 0.2) is 24.3 Å². The number of nitrogens with two attached hydrogens (primary N) is 1. The second-order valence-electron chi connectivity index (χ2n) is 5.56. The zero-order valence-electron chi connectivity index (χ0n) is 11.6. The molecule has 2 N–H and O–H groups in total. The monoisotopic (exact) mass is 246 g/mol. The summed E-state index contributed by atoms with van der Waals surface area (Å²) < 4.78 is 0. The molecule has 0 aromatic heterocycles. The van der Waals surface area contributed by atoms with Crippen LogP contribution in [0.2, 0.25) is 0 Å². The topological polar surface area (TPSA) is 29.3 Å². The molecule has 1 aliphatic heterocycles. The van der Waals surface area contributed by atoms with Gasteiger partial charge in [0.25, 0.3) is 0 Å². The first-order valence-electron chi connectivity index (χ1n) is 7.27. The van der Waals surface area contributed by atoms with E-state index in [1.54, 1.807) is 0 Å². The van der Waals surface area contributed by atoms with Gasteiger partial charge in [-0.3, -0.25) is 0 Å². The molecule has 0 amide bonds. The van der Waals surface area contributed by atoms with Gasteiger partial charge in [-0.2, -0.15) is 0 Å². The summed E-state index contributed by atoms with van der Waals surface area (Å²) >= 11 is 0. The van der Waals surface area contributed by atoms with Gasteiger partial charge in [0.2, 0.25) is 0 Å². The molecule has 1 fully saturated rings. The second kappa shape index (κ2) is 6.91. The fourth-order valence-electron chi connectivity index (χ4n) is 2.84. The molecule has 1 heterocycles. The van der Waals surface area contributed by atoms with Crippen molar-refractivity contribution < 1.29 is 0 Å². The minimum atomic E-state index is 0.763. The highest BCUT2D eigenvalue weighted by molar-refractivity contribution is 5.25. The molecule has 2 rings (SSSR count). The van der Waals surface area contributed by atoms with Crippen LogP contribution in [0.1, 0.15) is 42.7 Å². The Morgan fingerprint density at radius 1 is 1.17 bits per heavy atom. The molecule has 18 heavy (non-hydrogen) atoms. The highest BCUT2D eigenvalue weighted by atomic mass is 15.1. The van der Waals surface area contributed by atoms with E-state index < -0.39 is 0 Å². The Labute approximate surface area is 111 Å². The van der Waals surface area contributed by atoms with Crippen LogP contribution in [0.4, 0.5) is 0 Å². The van der Waals surface area contributed by atoms with Crippen LogP contribution in [-0.2, 0) is 6.42 Å². The molecule has 100 valence electrons. The smallest absolute Gasteiger partial charge is 0.00160 e. The van der Waals surface area contributed by atoms with E-state index in [4.69, 9.17) is 5.73 Å². The van der Waals surface area contributed by atoms with Crippen molar-refractivity contribution in [2.75, 3.05) is 26.7 Å². The van der Waals surface area contributed by atoms with Crippen molar-refractivity contribution in [1.82, 2.24) is 4.90 Å². The van der Waals surface area contributed by atoms with E-state index in [-0.39, 0.29) is 0 Å². The van der Waals surface area contributed by atoms with Crippen LogP contribution >= 0.6 is 0 Å². The Kier molecular flexibility index (Phi) is 5.21. The maximum atomic E-state index is 5.55. The van der Waals surface area contributed by atoms with Crippen molar-refractivity contribution in [2.45, 2.75) is 38.0 Å². The number of aryl methyl sites for hydroxylation is 1. The number of likely N-dealkylation sites (tertiary alicyclic amines) is 1. The maximum Gasteiger partial charge on any atom is -0.00160 e. The van der Waals surface area contributed by atoms with Gasteiger partial charge in [0.05, 0.1) is 0 Å². The summed E-state index contributed by atoms with van der Waals surface area (Å²) in [6.45, 7) is 3.28. The van der Waals surface area contributed by atoms with E-state index in [1.807, 2.05) is 0 Å². The normalized spacial score (nSPS) is 21.8. The lowest BCUT2D eigenvalue weighted by Crippen LogP contribution is -2.18. The number of nitrogens with zero attached hydrogens (tertiary/aromatic N) is 1. The predicted octanol–water partition coefficient (Wildman–Crippen LogP) is 2.78. The van der Waals surface area contributed by atoms with E-state index in [0.29, 0.717) is 0 Å². The summed E-state index contributed by atoms with van der Waals surface area (Å²) in [5.41, 5.74) is 8.50. The number of benzene rings is 1. The summed E-state index contributed by atoms with van der Waals surface area (Å²) in [7, 11) is 2.23. The largest absolute Gasteiger partial charge is 0.330 e. The molecule has 0 radical (unpaired) electrons. The molecule has 1 atom stereocenters. The standard InChI is InChI=1S/C16H26N2/c1-18-12-3-5-15(10-13-18)16-8-6-14(7-9-16)4-2-11-17/h6-9,15H,2-5,10-13,17H2,1H3. The van der Waals surface area contributed by atoms with Crippen LogP contribution in [0.25, 0.3) is 0 Å². The molecule has 1 saturated heterocycles. The Bertz CT molecular complexity index is 345. The van der Waals surface area contributed by atoms with Crippen molar-refractivity contribution in [3.63, 3.8) is 0 Å². The van der Waals surface area contributed by atoms with Crippen LogP contribution in [0.3, 0.4) is 0 Å². The Morgan fingerprint density at radius 2 is 1.94 bits per heavy atom. The molecule has 0 aliphatic carbocycles. The molecule has 2 heteroatoms. The molecule has 1 aromatic rings. The summed E-state index contributed by atoms with van der Waals surface area (Å²) in [5.74, 6) is 0.763. The molecule has 1 aliphatic rings. The molecular formula is C16H26N2. The average molecular weight is 246 g/mol. The summed E-state index contributed by atoms with van der Waals surface area (Å²) in [5, 5.41) is 0. The first-order valence-corrected chi connectivity index (χ1v) is 7.27. The van der Waals surface area contributed by atoms with Crippen molar-refractivity contribution >= 4 is 0 Å². The zero-order valence-corrected chi connectivity index (χ0v) is 11.6. The van der Waals surface area contributed by atoms with E-state index in [2.05, 4.69) is 36.2 Å². The van der Waals surface area contributed by atoms with Gasteiger partial charge in [-0.15, -0.1) is 0 Å². The van der Waals surface area contributed by atoms with Crippen molar-refractivity contribution in [2.24, 2.45) is 5.73 Å². The lowest BCUT2D eigenvalue weighted by Gasteiger charge is -2.15. The van der Waals surface area contributed by atoms with Crippen molar-refractivity contribution in [1.29, 1.82) is 0 Å². The van der Waals surface area contributed by atoms with Gasteiger partial charge < -0.3 is 10.6 Å². The Morgan fingerprint density at radius 3 is 2.67 bits per heavy atom. The van der Waals surface area contributed by atoms with Crippen LogP contribution in [-0.4, -0.2) is 31.6 Å². The average Bonchev–Trinajstić information content (AvgIpc) is 2.62. The van der Waals surface area contributed by atoms with Crippen LogP contribution < -0.4 is 5.73 Å². The van der Waals surface area contributed by atoms with E-state index in [0.717, 1.165) is 25.3 Å². The van der Waals surface area contributed by atoms with Gasteiger partial charge in [-0.25, -0.2) is 0 Å². The molecule has 1 aromatic carbocycles. The van der Waals surface area contributed by atoms with Gasteiger partial charge >= 0.3 is 0 Å².